The minimum atomic E-state index is -3.67. The zero-order valence-electron chi connectivity index (χ0n) is 14.3. The normalized spacial score (nSPS) is 23.2. The number of Topliss-reactive ketones (excluding diaryl/α,β-unsaturated/α-hetero) is 1. The molecule has 0 radical (unpaired) electrons. The van der Waals surface area contributed by atoms with Gasteiger partial charge in [-0.25, -0.2) is 13.1 Å². The Morgan fingerprint density at radius 1 is 1.32 bits per heavy atom. The third-order valence-corrected chi connectivity index (χ3v) is 5.40. The number of rotatable bonds is 7. The number of hydrogen-bond donors (Lipinski definition) is 1. The first kappa shape index (κ1) is 19.0. The summed E-state index contributed by atoms with van der Waals surface area (Å²) in [5.41, 5.74) is 1.20. The lowest BCUT2D eigenvalue weighted by atomic mass is 9.93. The lowest BCUT2D eigenvalue weighted by molar-refractivity contribution is -0.113. The summed E-state index contributed by atoms with van der Waals surface area (Å²) < 4.78 is 27.9. The Morgan fingerprint density at radius 3 is 2.72 bits per heavy atom. The van der Waals surface area contributed by atoms with Crippen LogP contribution in [0.5, 0.6) is 0 Å². The molecule has 0 aromatic rings. The molecule has 0 bridgehead atoms. The van der Waals surface area contributed by atoms with E-state index >= 15 is 0 Å². The summed E-state index contributed by atoms with van der Waals surface area (Å²) in [4.78, 5) is 16.1. The van der Waals surface area contributed by atoms with Crippen molar-refractivity contribution in [3.05, 3.63) is 71.2 Å². The summed E-state index contributed by atoms with van der Waals surface area (Å²) in [6, 6.07) is -0.426. The molecule has 0 aromatic heterocycles. The first-order valence-electron chi connectivity index (χ1n) is 7.94. The van der Waals surface area contributed by atoms with Crippen molar-refractivity contribution in [3.63, 3.8) is 0 Å². The Labute approximate surface area is 149 Å². The van der Waals surface area contributed by atoms with Crippen molar-refractivity contribution in [2.45, 2.75) is 19.9 Å². The van der Waals surface area contributed by atoms with Crippen molar-refractivity contribution in [1.82, 2.24) is 4.72 Å². The highest BCUT2D eigenvalue weighted by Gasteiger charge is 2.32. The van der Waals surface area contributed by atoms with E-state index in [-0.39, 0.29) is 23.2 Å². The fraction of sp³-hybridized carbons (Fsp3) is 0.263. The first-order valence-corrected chi connectivity index (χ1v) is 9.42. The van der Waals surface area contributed by atoms with Crippen molar-refractivity contribution in [3.8, 4) is 0 Å². The third kappa shape index (κ3) is 4.84. The van der Waals surface area contributed by atoms with Crippen molar-refractivity contribution >= 4 is 22.0 Å². The predicted octanol–water partition coefficient (Wildman–Crippen LogP) is 2.63. The Morgan fingerprint density at radius 2 is 2.04 bits per heavy atom. The van der Waals surface area contributed by atoms with E-state index in [0.29, 0.717) is 5.57 Å². The van der Waals surface area contributed by atoms with Crippen LogP contribution in [-0.4, -0.2) is 33.0 Å². The highest BCUT2D eigenvalue weighted by atomic mass is 32.2. The molecule has 2 unspecified atom stereocenters. The molecule has 2 atom stereocenters. The molecule has 25 heavy (non-hydrogen) atoms. The molecule has 2 rings (SSSR count). The molecule has 0 spiro atoms. The SMILES string of the molecule is C=C/C=C(\C=C(\C)CNS(=O)(=O)C1=CC=CC2C=CC=NC12)C(C)=O. The van der Waals surface area contributed by atoms with Crippen molar-refractivity contribution in [1.29, 1.82) is 0 Å². The summed E-state index contributed by atoms with van der Waals surface area (Å²) in [6.07, 6.45) is 15.4. The number of carbonyl (C=O) groups is 1. The van der Waals surface area contributed by atoms with Crippen molar-refractivity contribution in [2.24, 2.45) is 10.9 Å². The lowest BCUT2D eigenvalue weighted by Crippen LogP contribution is -2.34. The van der Waals surface area contributed by atoms with E-state index in [9.17, 15) is 13.2 Å². The fourth-order valence-corrected chi connectivity index (χ4v) is 3.96. The van der Waals surface area contributed by atoms with Crippen molar-refractivity contribution in [2.75, 3.05) is 6.54 Å². The molecule has 0 aromatic carbocycles. The number of carbonyl (C=O) groups excluding carboxylic acids is 1. The number of aliphatic imine (C=N–C) groups is 1. The van der Waals surface area contributed by atoms with E-state index in [1.807, 2.05) is 18.2 Å². The average molecular weight is 358 g/mol. The van der Waals surface area contributed by atoms with Crippen LogP contribution < -0.4 is 4.72 Å². The van der Waals surface area contributed by atoms with Crippen LogP contribution in [0.3, 0.4) is 0 Å². The van der Waals surface area contributed by atoms with Gasteiger partial charge in [0.2, 0.25) is 10.0 Å². The van der Waals surface area contributed by atoms with Crippen LogP contribution in [0.1, 0.15) is 13.8 Å². The summed E-state index contributed by atoms with van der Waals surface area (Å²) >= 11 is 0. The van der Waals surface area contributed by atoms with E-state index in [1.165, 1.54) is 13.0 Å². The van der Waals surface area contributed by atoms with Crippen LogP contribution in [0.4, 0.5) is 0 Å². The second kappa shape index (κ2) is 8.18. The highest BCUT2D eigenvalue weighted by Crippen LogP contribution is 2.28. The number of fused-ring (bicyclic) bond motifs is 1. The van der Waals surface area contributed by atoms with Gasteiger partial charge in [0, 0.05) is 24.3 Å². The van der Waals surface area contributed by atoms with Crippen LogP contribution in [-0.2, 0) is 14.8 Å². The second-order valence-corrected chi connectivity index (χ2v) is 7.66. The van der Waals surface area contributed by atoms with Gasteiger partial charge < -0.3 is 0 Å². The third-order valence-electron chi connectivity index (χ3n) is 3.87. The van der Waals surface area contributed by atoms with E-state index in [2.05, 4.69) is 16.3 Å². The molecular formula is C19H22N2O3S. The Kier molecular flexibility index (Phi) is 6.22. The maximum absolute atomic E-state index is 12.7. The van der Waals surface area contributed by atoms with Gasteiger partial charge in [-0.3, -0.25) is 9.79 Å². The van der Waals surface area contributed by atoms with E-state index in [4.69, 9.17) is 0 Å². The summed E-state index contributed by atoms with van der Waals surface area (Å²) in [7, 11) is -3.67. The molecule has 1 heterocycles. The van der Waals surface area contributed by atoms with E-state index in [1.54, 1.807) is 37.4 Å². The standard InChI is InChI=1S/C19H22N2O3S/c1-4-7-17(15(3)22)12-14(2)13-21-25(23,24)18-10-5-8-16-9-6-11-20-19(16)18/h4-12,16,19,21H,1,13H2,2-3H3/b14-12-,17-7+. The van der Waals surface area contributed by atoms with Gasteiger partial charge in [0.1, 0.15) is 0 Å². The van der Waals surface area contributed by atoms with Crippen LogP contribution in [0.2, 0.25) is 0 Å². The molecule has 5 nitrogen and oxygen atoms in total. The molecule has 0 saturated carbocycles. The van der Waals surface area contributed by atoms with Crippen LogP contribution in [0, 0.1) is 5.92 Å². The van der Waals surface area contributed by atoms with Gasteiger partial charge in [-0.2, -0.15) is 0 Å². The quantitative estimate of drug-likeness (QED) is 0.561. The lowest BCUT2D eigenvalue weighted by Gasteiger charge is -2.25. The first-order chi connectivity index (χ1) is 11.8. The topological polar surface area (TPSA) is 75.6 Å². The Balaban J connectivity index is 2.13. The largest absolute Gasteiger partial charge is 0.295 e. The molecule has 1 aliphatic carbocycles. The number of dihydropyridines is 1. The maximum atomic E-state index is 12.7. The maximum Gasteiger partial charge on any atom is 0.239 e. The minimum Gasteiger partial charge on any atom is -0.295 e. The molecule has 0 amide bonds. The Bertz CT molecular complexity index is 840. The van der Waals surface area contributed by atoms with Gasteiger partial charge in [-0.05, 0) is 26.0 Å². The van der Waals surface area contributed by atoms with Crippen molar-refractivity contribution < 1.29 is 13.2 Å². The second-order valence-electron chi connectivity index (χ2n) is 5.89. The summed E-state index contributed by atoms with van der Waals surface area (Å²) in [6.45, 7) is 6.91. The zero-order chi connectivity index (χ0) is 18.4. The monoisotopic (exact) mass is 358 g/mol. The minimum absolute atomic E-state index is 0.0435. The summed E-state index contributed by atoms with van der Waals surface area (Å²) in [5, 5.41) is 0. The van der Waals surface area contributed by atoms with Gasteiger partial charge in [0.05, 0.1) is 10.9 Å². The molecule has 6 heteroatoms. The molecule has 0 saturated heterocycles. The van der Waals surface area contributed by atoms with Gasteiger partial charge in [-0.1, -0.05) is 48.6 Å². The molecule has 2 aliphatic rings. The van der Waals surface area contributed by atoms with Crippen LogP contribution in [0.25, 0.3) is 0 Å². The number of ketones is 1. The van der Waals surface area contributed by atoms with E-state index < -0.39 is 16.1 Å². The predicted molar refractivity (Wildman–Crippen MR) is 102 cm³/mol. The van der Waals surface area contributed by atoms with E-state index in [0.717, 1.165) is 5.57 Å². The van der Waals surface area contributed by atoms with Gasteiger partial charge in [-0.15, -0.1) is 0 Å². The van der Waals surface area contributed by atoms with Gasteiger partial charge >= 0.3 is 0 Å². The molecular weight excluding hydrogens is 336 g/mol. The average Bonchev–Trinajstić information content (AvgIpc) is 2.59. The zero-order valence-corrected chi connectivity index (χ0v) is 15.2. The molecule has 132 valence electrons. The molecule has 1 aliphatic heterocycles. The Hall–Kier alpha value is -2.31. The van der Waals surface area contributed by atoms with Crippen LogP contribution in [0.15, 0.2) is 76.2 Å². The highest BCUT2D eigenvalue weighted by molar-refractivity contribution is 7.93. The summed E-state index contributed by atoms with van der Waals surface area (Å²) in [5.74, 6) is -0.147. The molecule has 0 fully saturated rings. The number of allylic oxidation sites excluding steroid dienone is 7. The fourth-order valence-electron chi connectivity index (χ4n) is 2.59. The number of nitrogens with one attached hydrogen (secondary N) is 1. The van der Waals surface area contributed by atoms with Crippen LogP contribution >= 0.6 is 0 Å². The number of sulfonamides is 1. The smallest absolute Gasteiger partial charge is 0.239 e. The number of hydrogen-bond acceptors (Lipinski definition) is 4. The molecule has 1 N–H and O–H groups in total. The van der Waals surface area contributed by atoms with Gasteiger partial charge in [0.15, 0.2) is 5.78 Å². The van der Waals surface area contributed by atoms with Gasteiger partial charge in [0.25, 0.3) is 0 Å². The number of nitrogens with zero attached hydrogens (tertiary/aromatic N) is 1.